The van der Waals surface area contributed by atoms with Crippen molar-refractivity contribution in [3.8, 4) is 0 Å². The van der Waals surface area contributed by atoms with Crippen molar-refractivity contribution in [3.63, 3.8) is 0 Å². The summed E-state index contributed by atoms with van der Waals surface area (Å²) in [4.78, 5) is 0. The molecular weight excluding hydrogens is 504 g/mol. The lowest BCUT2D eigenvalue weighted by Gasteiger charge is -2.51. The Hall–Kier alpha value is -0.620. The average Bonchev–Trinajstić information content (AvgIpc) is 3.37. The highest BCUT2D eigenvalue weighted by molar-refractivity contribution is 5.37. The number of ether oxygens (including phenoxy) is 5. The first-order valence-electron chi connectivity index (χ1n) is 14.9. The lowest BCUT2D eigenvalue weighted by atomic mass is 9.62. The second-order valence-corrected chi connectivity index (χ2v) is 13.8. The highest BCUT2D eigenvalue weighted by Crippen LogP contribution is 2.59. The Morgan fingerprint density at radius 3 is 2.38 bits per heavy atom. The van der Waals surface area contributed by atoms with Gasteiger partial charge in [-0.2, -0.15) is 0 Å². The summed E-state index contributed by atoms with van der Waals surface area (Å²) in [5.41, 5.74) is 1.42. The molecule has 39 heavy (non-hydrogen) atoms. The van der Waals surface area contributed by atoms with Gasteiger partial charge in [0, 0.05) is 19.1 Å². The molecule has 2 saturated carbocycles. The second kappa shape index (κ2) is 10.9. The molecule has 2 heterocycles. The summed E-state index contributed by atoms with van der Waals surface area (Å²) in [7, 11) is 1.74. The van der Waals surface area contributed by atoms with Gasteiger partial charge in [0.2, 0.25) is 0 Å². The standard InChI is InChI=1S/C30H50O9/c1-14(2)18-10-21(31)30(6)11-19-16(12-35-7)8-9-17(19)15(3)23(32)27(22(18)30)38-28-25(34)24(33)26-20(37-28)13-36-29(4,5)39-26/h14-17,19-21,23-28,31-34H,8-13H2,1-7H3/t15-,16-,17+,19-,20-,21+,23-,24-,25-,26-,27-,28-,30+/m1/s1. The van der Waals surface area contributed by atoms with Crippen LogP contribution < -0.4 is 0 Å². The Morgan fingerprint density at radius 2 is 1.72 bits per heavy atom. The summed E-state index contributed by atoms with van der Waals surface area (Å²) in [6.45, 7) is 12.8. The predicted octanol–water partition coefficient (Wildman–Crippen LogP) is 2.38. The Kier molecular flexibility index (Phi) is 8.34. The third kappa shape index (κ3) is 5.14. The van der Waals surface area contributed by atoms with Crippen molar-refractivity contribution in [2.75, 3.05) is 20.3 Å². The van der Waals surface area contributed by atoms with Crippen LogP contribution in [0.15, 0.2) is 11.1 Å². The molecule has 13 atom stereocenters. The van der Waals surface area contributed by atoms with Crippen molar-refractivity contribution in [2.45, 2.75) is 122 Å². The molecule has 5 aliphatic rings. The monoisotopic (exact) mass is 554 g/mol. The molecule has 4 fully saturated rings. The molecule has 9 heteroatoms. The van der Waals surface area contributed by atoms with E-state index in [0.29, 0.717) is 24.9 Å². The Bertz CT molecular complexity index is 918. The van der Waals surface area contributed by atoms with Gasteiger partial charge in [0.25, 0.3) is 0 Å². The number of aliphatic hydroxyl groups excluding tert-OH is 4. The third-order valence-electron chi connectivity index (χ3n) is 10.6. The van der Waals surface area contributed by atoms with E-state index in [1.165, 1.54) is 0 Å². The molecule has 0 aromatic heterocycles. The first-order valence-corrected chi connectivity index (χ1v) is 14.9. The molecule has 224 valence electrons. The van der Waals surface area contributed by atoms with Crippen molar-refractivity contribution in [2.24, 2.45) is 35.0 Å². The largest absolute Gasteiger partial charge is 0.392 e. The molecule has 0 bridgehead atoms. The quantitative estimate of drug-likeness (QED) is 0.379. The molecule has 2 saturated heterocycles. The minimum Gasteiger partial charge on any atom is -0.392 e. The van der Waals surface area contributed by atoms with Crippen LogP contribution >= 0.6 is 0 Å². The van der Waals surface area contributed by atoms with Crippen molar-refractivity contribution in [1.82, 2.24) is 0 Å². The van der Waals surface area contributed by atoms with Gasteiger partial charge in [-0.25, -0.2) is 0 Å². The normalized spacial score (nSPS) is 49.8. The predicted molar refractivity (Wildman–Crippen MR) is 142 cm³/mol. The molecule has 4 N–H and O–H groups in total. The number of hydrogen-bond donors (Lipinski definition) is 4. The van der Waals surface area contributed by atoms with Crippen LogP contribution in [-0.4, -0.2) is 95.6 Å². The maximum Gasteiger partial charge on any atom is 0.187 e. The van der Waals surface area contributed by atoms with E-state index < -0.39 is 60.2 Å². The van der Waals surface area contributed by atoms with E-state index in [-0.39, 0.29) is 24.4 Å². The van der Waals surface area contributed by atoms with Gasteiger partial charge in [-0.3, -0.25) is 0 Å². The fraction of sp³-hybridized carbons (Fsp3) is 0.933. The molecule has 0 radical (unpaired) electrons. The van der Waals surface area contributed by atoms with E-state index >= 15 is 0 Å². The Balaban J connectivity index is 1.50. The van der Waals surface area contributed by atoms with E-state index in [9.17, 15) is 20.4 Å². The molecule has 0 spiro atoms. The van der Waals surface area contributed by atoms with Crippen LogP contribution in [0.25, 0.3) is 0 Å². The van der Waals surface area contributed by atoms with E-state index in [2.05, 4.69) is 27.7 Å². The molecule has 0 aromatic rings. The molecule has 0 unspecified atom stereocenters. The maximum absolute atomic E-state index is 12.0. The van der Waals surface area contributed by atoms with Gasteiger partial charge >= 0.3 is 0 Å². The minimum atomic E-state index is -1.38. The highest BCUT2D eigenvalue weighted by atomic mass is 16.8. The lowest BCUT2D eigenvalue weighted by molar-refractivity contribution is -0.387. The molecule has 5 rings (SSSR count). The smallest absolute Gasteiger partial charge is 0.187 e. The van der Waals surface area contributed by atoms with Crippen LogP contribution in [0.2, 0.25) is 0 Å². The Labute approximate surface area is 232 Å². The molecule has 3 aliphatic carbocycles. The van der Waals surface area contributed by atoms with Crippen molar-refractivity contribution in [1.29, 1.82) is 0 Å². The van der Waals surface area contributed by atoms with Gasteiger partial charge in [0.05, 0.1) is 18.8 Å². The molecular formula is C30H50O9. The SMILES string of the molecule is COC[C@H]1CC[C@H]2[C@@H](C)[C@@H](O)[C@H](O[C@H]3O[C@@H]4COC(C)(C)O[C@H]4[C@H](O)[C@H]3O)C3=C(C(C)C)C[C@H](O)[C@]3(C)C[C@H]12. The third-order valence-corrected chi connectivity index (χ3v) is 10.6. The van der Waals surface area contributed by atoms with Gasteiger partial charge in [-0.1, -0.05) is 33.3 Å². The molecule has 0 aromatic carbocycles. The van der Waals surface area contributed by atoms with Crippen LogP contribution in [0.4, 0.5) is 0 Å². The van der Waals surface area contributed by atoms with E-state index in [1.54, 1.807) is 21.0 Å². The van der Waals surface area contributed by atoms with E-state index in [1.807, 2.05) is 0 Å². The maximum atomic E-state index is 12.0. The summed E-state index contributed by atoms with van der Waals surface area (Å²) >= 11 is 0. The van der Waals surface area contributed by atoms with E-state index in [4.69, 9.17) is 23.7 Å². The number of aliphatic hydroxyl groups is 4. The molecule has 9 nitrogen and oxygen atoms in total. The Morgan fingerprint density at radius 1 is 1.00 bits per heavy atom. The van der Waals surface area contributed by atoms with Crippen molar-refractivity contribution >= 4 is 0 Å². The van der Waals surface area contributed by atoms with Crippen LogP contribution in [-0.2, 0) is 23.7 Å². The first kappa shape index (κ1) is 29.9. The average molecular weight is 555 g/mol. The van der Waals surface area contributed by atoms with Gasteiger partial charge in [0.15, 0.2) is 12.1 Å². The topological polar surface area (TPSA) is 127 Å². The summed E-state index contributed by atoms with van der Waals surface area (Å²) in [5, 5.41) is 45.8. The summed E-state index contributed by atoms with van der Waals surface area (Å²) in [6, 6.07) is 0. The van der Waals surface area contributed by atoms with Crippen LogP contribution in [0, 0.1) is 35.0 Å². The zero-order valence-corrected chi connectivity index (χ0v) is 24.6. The number of hydrogen-bond acceptors (Lipinski definition) is 9. The minimum absolute atomic E-state index is 0.0781. The van der Waals surface area contributed by atoms with Gasteiger partial charge in [-0.15, -0.1) is 0 Å². The van der Waals surface area contributed by atoms with Crippen LogP contribution in [0.3, 0.4) is 0 Å². The van der Waals surface area contributed by atoms with Gasteiger partial charge in [0.1, 0.15) is 30.5 Å². The van der Waals surface area contributed by atoms with E-state index in [0.717, 1.165) is 30.4 Å². The zero-order valence-electron chi connectivity index (χ0n) is 24.6. The molecule has 2 aliphatic heterocycles. The first-order chi connectivity index (χ1) is 18.3. The number of fused-ring (bicyclic) bond motifs is 3. The fourth-order valence-electron chi connectivity index (χ4n) is 8.39. The number of methoxy groups -OCH3 is 1. The summed E-state index contributed by atoms with van der Waals surface area (Å²) in [6.07, 6.45) is -4.15. The second-order valence-electron chi connectivity index (χ2n) is 13.8. The lowest BCUT2D eigenvalue weighted by Crippen LogP contribution is -2.65. The van der Waals surface area contributed by atoms with Crippen molar-refractivity contribution < 1.29 is 44.1 Å². The molecule has 0 amide bonds. The van der Waals surface area contributed by atoms with Crippen LogP contribution in [0.1, 0.15) is 67.2 Å². The van der Waals surface area contributed by atoms with Gasteiger partial charge < -0.3 is 44.1 Å². The van der Waals surface area contributed by atoms with Crippen molar-refractivity contribution in [3.05, 3.63) is 11.1 Å². The number of rotatable bonds is 5. The zero-order chi connectivity index (χ0) is 28.4. The summed E-state index contributed by atoms with van der Waals surface area (Å²) in [5.74, 6) is 0.122. The highest BCUT2D eigenvalue weighted by Gasteiger charge is 2.58. The fourth-order valence-corrected chi connectivity index (χ4v) is 8.39. The van der Waals surface area contributed by atoms with Gasteiger partial charge in [-0.05, 0) is 74.7 Å². The summed E-state index contributed by atoms with van der Waals surface area (Å²) < 4.78 is 30.0. The van der Waals surface area contributed by atoms with Crippen LogP contribution in [0.5, 0.6) is 0 Å².